The monoisotopic (exact) mass is 498 g/mol. The zero-order chi connectivity index (χ0) is 25.1. The van der Waals surface area contributed by atoms with Crippen molar-refractivity contribution in [3.05, 3.63) is 69.1 Å². The van der Waals surface area contributed by atoms with Gasteiger partial charge in [0.25, 0.3) is 5.69 Å². The molecule has 0 aliphatic carbocycles. The van der Waals surface area contributed by atoms with E-state index in [1.54, 1.807) is 0 Å². The average Bonchev–Trinajstić information content (AvgIpc) is 3.35. The number of benzene rings is 2. The maximum absolute atomic E-state index is 12.8. The van der Waals surface area contributed by atoms with Crippen molar-refractivity contribution in [1.82, 2.24) is 19.9 Å². The Labute approximate surface area is 208 Å². The summed E-state index contributed by atoms with van der Waals surface area (Å²) < 4.78 is 5.54. The molecule has 1 aliphatic heterocycles. The summed E-state index contributed by atoms with van der Waals surface area (Å²) in [4.78, 5) is 32.2. The van der Waals surface area contributed by atoms with Crippen LogP contribution in [-0.4, -0.2) is 63.0 Å². The van der Waals surface area contributed by atoms with Crippen LogP contribution in [0.15, 0.2) is 47.0 Å². The van der Waals surface area contributed by atoms with Crippen LogP contribution < -0.4 is 5.32 Å². The summed E-state index contributed by atoms with van der Waals surface area (Å²) in [5.41, 5.74) is 2.17. The normalized spacial score (nSPS) is 16.6. The molecule has 10 nitrogen and oxygen atoms in total. The second-order valence-electron chi connectivity index (χ2n) is 8.66. The molecule has 184 valence electrons. The number of aryl methyl sites for hydroxylation is 1. The zero-order valence-electron chi connectivity index (χ0n) is 19.8. The fourth-order valence-electron chi connectivity index (χ4n) is 4.02. The lowest BCUT2D eigenvalue weighted by Crippen LogP contribution is -2.53. The molecule has 4 rings (SSSR count). The van der Waals surface area contributed by atoms with Crippen LogP contribution in [0.2, 0.25) is 5.02 Å². The average molecular weight is 499 g/mol. The van der Waals surface area contributed by atoms with Crippen molar-refractivity contribution in [3.63, 3.8) is 0 Å². The summed E-state index contributed by atoms with van der Waals surface area (Å²) in [6.07, 6.45) is 0. The largest absolute Gasteiger partial charge is 0.337 e. The summed E-state index contributed by atoms with van der Waals surface area (Å²) in [6.45, 7) is 8.65. The molecular weight excluding hydrogens is 472 g/mol. The van der Waals surface area contributed by atoms with Gasteiger partial charge < -0.3 is 9.84 Å². The number of rotatable bonds is 7. The van der Waals surface area contributed by atoms with Crippen LogP contribution in [0.5, 0.6) is 0 Å². The molecule has 35 heavy (non-hydrogen) atoms. The first-order chi connectivity index (χ1) is 16.7. The highest BCUT2D eigenvalue weighted by Crippen LogP contribution is 2.28. The van der Waals surface area contributed by atoms with Gasteiger partial charge in [-0.15, -0.1) is 0 Å². The van der Waals surface area contributed by atoms with E-state index in [9.17, 15) is 14.9 Å². The summed E-state index contributed by atoms with van der Waals surface area (Å²) in [7, 11) is 0. The van der Waals surface area contributed by atoms with Crippen molar-refractivity contribution in [2.75, 3.05) is 31.5 Å². The van der Waals surface area contributed by atoms with Crippen molar-refractivity contribution >= 4 is 28.9 Å². The fourth-order valence-corrected chi connectivity index (χ4v) is 4.18. The summed E-state index contributed by atoms with van der Waals surface area (Å²) in [5, 5.41) is 18.1. The summed E-state index contributed by atoms with van der Waals surface area (Å²) in [6, 6.07) is 11.5. The number of halogens is 1. The van der Waals surface area contributed by atoms with Gasteiger partial charge in [0.15, 0.2) is 0 Å². The maximum atomic E-state index is 12.8. The Morgan fingerprint density at radius 1 is 1.11 bits per heavy atom. The van der Waals surface area contributed by atoms with Crippen LogP contribution >= 0.6 is 11.6 Å². The van der Waals surface area contributed by atoms with Gasteiger partial charge in [-0.3, -0.25) is 24.7 Å². The molecule has 1 N–H and O–H groups in total. The number of carbonyl (C=O) groups excluding carboxylic acids is 1. The molecule has 3 aromatic rings. The molecule has 1 amide bonds. The molecule has 0 saturated carbocycles. The number of nitrogens with one attached hydrogen (secondary N) is 1. The number of nitro benzene ring substituents is 1. The van der Waals surface area contributed by atoms with Gasteiger partial charge in [0.05, 0.1) is 27.7 Å². The van der Waals surface area contributed by atoms with Crippen molar-refractivity contribution in [3.8, 4) is 11.4 Å². The third kappa shape index (κ3) is 5.67. The summed E-state index contributed by atoms with van der Waals surface area (Å²) in [5.74, 6) is 0.851. The molecule has 1 aromatic heterocycles. The minimum Gasteiger partial charge on any atom is -0.337 e. The van der Waals surface area contributed by atoms with Crippen LogP contribution in [-0.2, 0) is 4.79 Å². The lowest BCUT2D eigenvalue weighted by atomic mass is 10.1. The lowest BCUT2D eigenvalue weighted by molar-refractivity contribution is -0.384. The number of hydrogen-bond acceptors (Lipinski definition) is 8. The molecule has 2 atom stereocenters. The third-order valence-electron chi connectivity index (χ3n) is 6.35. The number of hydrogen-bond donors (Lipinski definition) is 1. The zero-order valence-corrected chi connectivity index (χ0v) is 20.5. The van der Waals surface area contributed by atoms with Crippen LogP contribution in [0, 0.1) is 17.0 Å². The number of nitro groups is 1. The Balaban J connectivity index is 1.33. The van der Waals surface area contributed by atoms with E-state index in [1.165, 1.54) is 23.8 Å². The van der Waals surface area contributed by atoms with Gasteiger partial charge in [-0.05, 0) is 26.8 Å². The van der Waals surface area contributed by atoms with Gasteiger partial charge in [-0.25, -0.2) is 0 Å². The lowest BCUT2D eigenvalue weighted by Gasteiger charge is -2.39. The van der Waals surface area contributed by atoms with E-state index in [1.807, 2.05) is 45.0 Å². The second-order valence-corrected chi connectivity index (χ2v) is 9.06. The van der Waals surface area contributed by atoms with Gasteiger partial charge in [0, 0.05) is 43.9 Å². The maximum Gasteiger partial charge on any atom is 0.271 e. The number of non-ortho nitro benzene ring substituents is 1. The Morgan fingerprint density at radius 2 is 1.77 bits per heavy atom. The van der Waals surface area contributed by atoms with E-state index in [4.69, 9.17) is 16.1 Å². The Morgan fingerprint density at radius 3 is 2.43 bits per heavy atom. The molecule has 1 saturated heterocycles. The molecule has 11 heteroatoms. The van der Waals surface area contributed by atoms with E-state index < -0.39 is 11.0 Å². The van der Waals surface area contributed by atoms with Crippen LogP contribution in [0.4, 0.5) is 11.4 Å². The molecule has 2 heterocycles. The Kier molecular flexibility index (Phi) is 7.44. The fraction of sp³-hybridized carbons (Fsp3) is 0.375. The van der Waals surface area contributed by atoms with Crippen molar-refractivity contribution in [2.45, 2.75) is 32.9 Å². The minimum absolute atomic E-state index is 0.0587. The molecule has 2 unspecified atom stereocenters. The van der Waals surface area contributed by atoms with E-state index in [0.29, 0.717) is 24.8 Å². The van der Waals surface area contributed by atoms with Crippen LogP contribution in [0.1, 0.15) is 31.3 Å². The predicted octanol–water partition coefficient (Wildman–Crippen LogP) is 4.31. The number of carbonyl (C=O) groups is 1. The van der Waals surface area contributed by atoms with E-state index >= 15 is 0 Å². The SMILES string of the molecule is Cc1ccc(-c2noc(C(C)N3CCN(C(C)C(=O)Nc4cc([N+](=O)[O-])ccc4Cl)CC3)n2)cc1. The highest BCUT2D eigenvalue weighted by atomic mass is 35.5. The first-order valence-electron chi connectivity index (χ1n) is 11.4. The second kappa shape index (κ2) is 10.5. The minimum atomic E-state index is -0.525. The Bertz CT molecular complexity index is 1210. The van der Waals surface area contributed by atoms with Gasteiger partial charge in [0.1, 0.15) is 0 Å². The number of aromatic nitrogens is 2. The number of nitrogens with zero attached hydrogens (tertiary/aromatic N) is 5. The Hall–Kier alpha value is -3.34. The summed E-state index contributed by atoms with van der Waals surface area (Å²) >= 11 is 6.12. The van der Waals surface area contributed by atoms with Crippen molar-refractivity contribution in [1.29, 1.82) is 0 Å². The van der Waals surface area contributed by atoms with E-state index in [0.717, 1.165) is 18.7 Å². The van der Waals surface area contributed by atoms with Crippen molar-refractivity contribution < 1.29 is 14.2 Å². The van der Waals surface area contributed by atoms with E-state index in [-0.39, 0.29) is 28.3 Å². The molecular formula is C24H27ClN6O4. The molecule has 0 radical (unpaired) electrons. The predicted molar refractivity (Wildman–Crippen MR) is 132 cm³/mol. The smallest absolute Gasteiger partial charge is 0.271 e. The topological polar surface area (TPSA) is 118 Å². The number of amides is 1. The molecule has 0 spiro atoms. The first-order valence-corrected chi connectivity index (χ1v) is 11.7. The standard InChI is InChI=1S/C24H27ClN6O4/c1-15-4-6-18(7-5-15)22-27-24(35-28-22)17(3)30-12-10-29(11-13-30)16(2)23(32)26-21-14-19(31(33)34)8-9-20(21)25/h4-9,14,16-17H,10-13H2,1-3H3,(H,26,32). The number of anilines is 1. The molecule has 2 aromatic carbocycles. The molecule has 1 fully saturated rings. The van der Waals surface area contributed by atoms with Gasteiger partial charge >= 0.3 is 0 Å². The number of piperazine rings is 1. The van der Waals surface area contributed by atoms with Gasteiger partial charge in [-0.2, -0.15) is 4.98 Å². The van der Waals surface area contributed by atoms with Crippen molar-refractivity contribution in [2.24, 2.45) is 0 Å². The van der Waals surface area contributed by atoms with Gasteiger partial charge in [-0.1, -0.05) is 46.6 Å². The van der Waals surface area contributed by atoms with Crippen LogP contribution in [0.3, 0.4) is 0 Å². The highest BCUT2D eigenvalue weighted by molar-refractivity contribution is 6.33. The van der Waals surface area contributed by atoms with Gasteiger partial charge in [0.2, 0.25) is 17.6 Å². The quantitative estimate of drug-likeness (QED) is 0.378. The molecule has 0 bridgehead atoms. The van der Waals surface area contributed by atoms with Crippen LogP contribution in [0.25, 0.3) is 11.4 Å². The highest BCUT2D eigenvalue weighted by Gasteiger charge is 2.30. The van der Waals surface area contributed by atoms with E-state index in [2.05, 4.69) is 25.3 Å². The first kappa shape index (κ1) is 24.8. The third-order valence-corrected chi connectivity index (χ3v) is 6.68. The molecule has 1 aliphatic rings.